The average molecular weight is 619 g/mol. The molecule has 0 amide bonds. The van der Waals surface area contributed by atoms with Gasteiger partial charge < -0.3 is 14.2 Å². The van der Waals surface area contributed by atoms with Gasteiger partial charge in [0.1, 0.15) is 16.7 Å². The van der Waals surface area contributed by atoms with Crippen LogP contribution in [0.25, 0.3) is 83.2 Å². The highest BCUT2D eigenvalue weighted by Gasteiger charge is 2.26. The maximum Gasteiger partial charge on any atom is 0.202 e. The van der Waals surface area contributed by atoms with Gasteiger partial charge >= 0.3 is 0 Å². The van der Waals surface area contributed by atoms with Crippen LogP contribution in [0.3, 0.4) is 0 Å². The van der Waals surface area contributed by atoms with E-state index in [4.69, 9.17) is 23.8 Å². The van der Waals surface area contributed by atoms with Crippen LogP contribution in [0.1, 0.15) is 11.4 Å². The number of benzene rings is 6. The van der Waals surface area contributed by atoms with Gasteiger partial charge in [0.05, 0.1) is 5.56 Å². The summed E-state index contributed by atoms with van der Waals surface area (Å²) >= 11 is 0. The standard InChI is InChI=1S/C42H26N4O2/c1-3-11-26(12-4-1)39-44-40(27-13-5-2-6-14-27)46-41(45-39)33-22-23-43-42-37(33)31-20-19-28(24-35(31)48-42)29-16-9-17-34-36(29)32-21-18-25-10-7-8-15-30(25)38(32)47-34/h1-22,24,43H,23H2. The molecular formula is C42H26N4O2. The molecular weight excluding hydrogens is 592 g/mol. The van der Waals surface area contributed by atoms with Gasteiger partial charge in [0.2, 0.25) is 5.88 Å². The zero-order valence-electron chi connectivity index (χ0n) is 25.6. The lowest BCUT2D eigenvalue weighted by Gasteiger charge is -2.15. The molecule has 0 radical (unpaired) electrons. The molecule has 10 rings (SSSR count). The lowest BCUT2D eigenvalue weighted by molar-refractivity contribution is 0.627. The molecule has 0 saturated carbocycles. The van der Waals surface area contributed by atoms with Gasteiger partial charge in [0.25, 0.3) is 0 Å². The molecule has 0 unspecified atom stereocenters. The summed E-state index contributed by atoms with van der Waals surface area (Å²) in [6.07, 6.45) is 2.13. The third kappa shape index (κ3) is 4.16. The molecule has 0 saturated heterocycles. The van der Waals surface area contributed by atoms with Gasteiger partial charge in [-0.15, -0.1) is 0 Å². The number of nitrogens with zero attached hydrogens (tertiary/aromatic N) is 3. The zero-order chi connectivity index (χ0) is 31.6. The van der Waals surface area contributed by atoms with Gasteiger partial charge in [-0.2, -0.15) is 0 Å². The second-order valence-electron chi connectivity index (χ2n) is 12.0. The van der Waals surface area contributed by atoms with Crippen LogP contribution in [0, 0.1) is 0 Å². The van der Waals surface area contributed by atoms with E-state index in [-0.39, 0.29) is 0 Å². The molecule has 1 aliphatic rings. The number of fused-ring (bicyclic) bond motifs is 8. The van der Waals surface area contributed by atoms with E-state index in [1.165, 1.54) is 0 Å². The Labute approximate surface area is 275 Å². The largest absolute Gasteiger partial charge is 0.455 e. The third-order valence-electron chi connectivity index (χ3n) is 9.17. The highest BCUT2D eigenvalue weighted by molar-refractivity contribution is 6.19. The lowest BCUT2D eigenvalue weighted by Crippen LogP contribution is -2.10. The Morgan fingerprint density at radius 3 is 2.02 bits per heavy atom. The van der Waals surface area contributed by atoms with E-state index in [0.29, 0.717) is 29.9 Å². The highest BCUT2D eigenvalue weighted by Crippen LogP contribution is 2.44. The number of rotatable bonds is 4. The molecule has 226 valence electrons. The fourth-order valence-corrected chi connectivity index (χ4v) is 6.93. The lowest BCUT2D eigenvalue weighted by atomic mass is 9.95. The Hall–Kier alpha value is -6.53. The summed E-state index contributed by atoms with van der Waals surface area (Å²) in [5.41, 5.74) is 8.44. The van der Waals surface area contributed by atoms with E-state index in [1.807, 2.05) is 66.7 Å². The van der Waals surface area contributed by atoms with Crippen molar-refractivity contribution in [1.82, 2.24) is 15.0 Å². The molecule has 3 aromatic heterocycles. The predicted octanol–water partition coefficient (Wildman–Crippen LogP) is 10.5. The third-order valence-corrected chi connectivity index (χ3v) is 9.17. The molecule has 0 bridgehead atoms. The summed E-state index contributed by atoms with van der Waals surface area (Å²) in [6.45, 7) is 0.594. The molecule has 0 fully saturated rings. The van der Waals surface area contributed by atoms with Crippen molar-refractivity contribution in [2.45, 2.75) is 0 Å². The Morgan fingerprint density at radius 1 is 0.521 bits per heavy atom. The first-order valence-corrected chi connectivity index (χ1v) is 16.0. The number of aromatic nitrogens is 3. The molecule has 1 N–H and O–H groups in total. The monoisotopic (exact) mass is 618 g/mol. The Morgan fingerprint density at radius 2 is 1.23 bits per heavy atom. The van der Waals surface area contributed by atoms with Gasteiger partial charge in [-0.05, 0) is 40.8 Å². The summed E-state index contributed by atoms with van der Waals surface area (Å²) in [7, 11) is 0. The SMILES string of the molecule is C1=C(c2nc(-c3ccccc3)nc(-c3ccccc3)n2)c2c(oc3cc(-c4cccc5oc6c7ccccc7ccc6c45)ccc23)NC1. The first-order chi connectivity index (χ1) is 23.8. The Balaban J connectivity index is 1.13. The van der Waals surface area contributed by atoms with Crippen molar-refractivity contribution in [3.63, 3.8) is 0 Å². The van der Waals surface area contributed by atoms with Gasteiger partial charge in [0, 0.05) is 44.8 Å². The van der Waals surface area contributed by atoms with E-state index < -0.39 is 0 Å². The number of hydrogen-bond donors (Lipinski definition) is 1. The van der Waals surface area contributed by atoms with E-state index in [9.17, 15) is 0 Å². The second kappa shape index (κ2) is 10.5. The first-order valence-electron chi connectivity index (χ1n) is 16.0. The topological polar surface area (TPSA) is 77.0 Å². The number of nitrogens with one attached hydrogen (secondary N) is 1. The van der Waals surface area contributed by atoms with Gasteiger partial charge in [-0.25, -0.2) is 15.0 Å². The van der Waals surface area contributed by atoms with Crippen LogP contribution in [0.5, 0.6) is 0 Å². The van der Waals surface area contributed by atoms with Crippen molar-refractivity contribution < 1.29 is 8.83 Å². The van der Waals surface area contributed by atoms with Gasteiger partial charge in [-0.3, -0.25) is 0 Å². The van der Waals surface area contributed by atoms with Crippen molar-refractivity contribution in [1.29, 1.82) is 0 Å². The summed E-state index contributed by atoms with van der Waals surface area (Å²) < 4.78 is 13.0. The second-order valence-corrected chi connectivity index (χ2v) is 12.0. The number of hydrogen-bond acceptors (Lipinski definition) is 6. The maximum absolute atomic E-state index is 6.53. The molecule has 0 spiro atoms. The minimum atomic E-state index is 0.594. The fraction of sp³-hybridized carbons (Fsp3) is 0.0238. The minimum absolute atomic E-state index is 0.594. The summed E-state index contributed by atoms with van der Waals surface area (Å²) in [5.74, 6) is 2.58. The highest BCUT2D eigenvalue weighted by atomic mass is 16.4. The van der Waals surface area contributed by atoms with E-state index in [2.05, 4.69) is 78.1 Å². The Bertz CT molecular complexity index is 2670. The molecule has 6 aromatic carbocycles. The quantitative estimate of drug-likeness (QED) is 0.211. The van der Waals surface area contributed by atoms with Crippen LogP contribution in [-0.4, -0.2) is 21.5 Å². The van der Waals surface area contributed by atoms with Crippen LogP contribution in [0.4, 0.5) is 5.88 Å². The minimum Gasteiger partial charge on any atom is -0.455 e. The van der Waals surface area contributed by atoms with Gasteiger partial charge in [0.15, 0.2) is 17.5 Å². The number of furan rings is 2. The predicted molar refractivity (Wildman–Crippen MR) is 193 cm³/mol. The Kier molecular flexibility index (Phi) is 5.84. The smallest absolute Gasteiger partial charge is 0.202 e. The van der Waals surface area contributed by atoms with Crippen molar-refractivity contribution in [2.24, 2.45) is 0 Å². The van der Waals surface area contributed by atoms with Crippen LogP contribution in [0.15, 0.2) is 148 Å². The van der Waals surface area contributed by atoms with Crippen LogP contribution in [-0.2, 0) is 0 Å². The molecule has 6 heteroatoms. The van der Waals surface area contributed by atoms with Crippen LogP contribution >= 0.6 is 0 Å². The molecule has 4 heterocycles. The van der Waals surface area contributed by atoms with E-state index in [0.717, 1.165) is 77.1 Å². The van der Waals surface area contributed by atoms with Crippen molar-refractivity contribution in [3.05, 3.63) is 151 Å². The van der Waals surface area contributed by atoms with E-state index in [1.54, 1.807) is 0 Å². The normalized spacial score (nSPS) is 12.8. The summed E-state index contributed by atoms with van der Waals surface area (Å²) in [6, 6.07) is 45.5. The first kappa shape index (κ1) is 26.7. The molecule has 0 aliphatic carbocycles. The molecule has 9 aromatic rings. The van der Waals surface area contributed by atoms with Crippen LogP contribution in [0.2, 0.25) is 0 Å². The summed E-state index contributed by atoms with van der Waals surface area (Å²) in [5, 5.41) is 8.90. The molecule has 0 atom stereocenters. The summed E-state index contributed by atoms with van der Waals surface area (Å²) in [4.78, 5) is 14.9. The molecule has 48 heavy (non-hydrogen) atoms. The molecule has 1 aliphatic heterocycles. The maximum atomic E-state index is 6.53. The van der Waals surface area contributed by atoms with E-state index >= 15 is 0 Å². The fourth-order valence-electron chi connectivity index (χ4n) is 6.93. The van der Waals surface area contributed by atoms with Crippen molar-refractivity contribution in [2.75, 3.05) is 11.9 Å². The molecule has 6 nitrogen and oxygen atoms in total. The average Bonchev–Trinajstić information content (AvgIpc) is 3.74. The van der Waals surface area contributed by atoms with Gasteiger partial charge in [-0.1, -0.05) is 115 Å². The van der Waals surface area contributed by atoms with Crippen LogP contribution < -0.4 is 5.32 Å². The number of anilines is 1. The zero-order valence-corrected chi connectivity index (χ0v) is 25.6. The van der Waals surface area contributed by atoms with Crippen molar-refractivity contribution in [3.8, 4) is 33.9 Å². The van der Waals surface area contributed by atoms with Crippen molar-refractivity contribution >= 4 is 55.1 Å².